The molecule has 0 saturated carbocycles. The predicted molar refractivity (Wildman–Crippen MR) is 153 cm³/mol. The number of aryl methyl sites for hydroxylation is 1. The van der Waals surface area contributed by atoms with Gasteiger partial charge in [0.15, 0.2) is 5.82 Å². The van der Waals surface area contributed by atoms with Crippen molar-refractivity contribution >= 4 is 23.5 Å². The Balaban J connectivity index is 1.50. The maximum Gasteiger partial charge on any atom is 0.250 e. The number of ether oxygens (including phenoxy) is 1. The lowest BCUT2D eigenvalue weighted by Crippen LogP contribution is -2.50. The number of hydrogen-bond donors (Lipinski definition) is 2. The van der Waals surface area contributed by atoms with Crippen LogP contribution in [0.3, 0.4) is 0 Å². The number of nitrogens with one attached hydrogen (secondary N) is 2. The molecule has 1 aliphatic rings. The van der Waals surface area contributed by atoms with Gasteiger partial charge in [-0.2, -0.15) is 0 Å². The van der Waals surface area contributed by atoms with E-state index >= 15 is 0 Å². The smallest absolute Gasteiger partial charge is 0.250 e. The number of benzene rings is 2. The van der Waals surface area contributed by atoms with Crippen LogP contribution in [-0.2, 0) is 25.7 Å². The molecule has 40 heavy (non-hydrogen) atoms. The third-order valence-electron chi connectivity index (χ3n) is 6.89. The molecule has 0 spiro atoms. The lowest BCUT2D eigenvalue weighted by Gasteiger charge is -2.24. The third-order valence-corrected chi connectivity index (χ3v) is 6.89. The van der Waals surface area contributed by atoms with Crippen LogP contribution < -0.4 is 10.6 Å². The van der Waals surface area contributed by atoms with Crippen molar-refractivity contribution in [1.29, 1.82) is 0 Å². The van der Waals surface area contributed by atoms with Crippen molar-refractivity contribution in [2.45, 2.75) is 59.2 Å². The van der Waals surface area contributed by atoms with Crippen LogP contribution in [0.25, 0.3) is 0 Å². The number of likely N-dealkylation sites (tertiary alicyclic amines) is 1. The van der Waals surface area contributed by atoms with E-state index in [2.05, 4.69) is 15.6 Å². The highest BCUT2D eigenvalue weighted by Crippen LogP contribution is 2.25. The Morgan fingerprint density at radius 3 is 2.33 bits per heavy atom. The van der Waals surface area contributed by atoms with Crippen molar-refractivity contribution in [3.05, 3.63) is 83.8 Å². The molecule has 212 valence electrons. The van der Waals surface area contributed by atoms with E-state index in [1.807, 2.05) is 66.4 Å². The third kappa shape index (κ3) is 7.57. The Kier molecular flexibility index (Phi) is 9.37. The summed E-state index contributed by atoms with van der Waals surface area (Å²) in [6, 6.07) is 16.0. The molecule has 2 unspecified atom stereocenters. The van der Waals surface area contributed by atoms with Crippen LogP contribution in [0.1, 0.15) is 56.3 Å². The summed E-state index contributed by atoms with van der Waals surface area (Å²) in [5, 5.41) is 5.61. The number of carbonyl (C=O) groups is 3. The van der Waals surface area contributed by atoms with Crippen LogP contribution >= 0.6 is 0 Å². The topological polar surface area (TPSA) is 106 Å². The Morgan fingerprint density at radius 1 is 1.00 bits per heavy atom. The zero-order valence-corrected chi connectivity index (χ0v) is 23.7. The fraction of sp³-hybridized carbons (Fsp3) is 0.419. The van der Waals surface area contributed by atoms with Gasteiger partial charge in [-0.3, -0.25) is 14.4 Å². The van der Waals surface area contributed by atoms with Crippen LogP contribution in [0.2, 0.25) is 0 Å². The highest BCUT2D eigenvalue weighted by atomic mass is 16.5. The summed E-state index contributed by atoms with van der Waals surface area (Å²) in [5.74, 6) is -0.429. The van der Waals surface area contributed by atoms with Crippen LogP contribution in [-0.4, -0.2) is 57.9 Å². The van der Waals surface area contributed by atoms with Gasteiger partial charge in [-0.15, -0.1) is 0 Å². The molecule has 0 radical (unpaired) electrons. The second-order valence-corrected chi connectivity index (χ2v) is 11.3. The molecule has 0 bridgehead atoms. The molecule has 2 aromatic carbocycles. The van der Waals surface area contributed by atoms with E-state index in [9.17, 15) is 14.4 Å². The number of anilines is 1. The molecule has 3 aromatic rings. The molecule has 9 heteroatoms. The zero-order valence-electron chi connectivity index (χ0n) is 23.7. The van der Waals surface area contributed by atoms with E-state index in [1.165, 1.54) is 0 Å². The molecule has 1 fully saturated rings. The zero-order chi connectivity index (χ0) is 28.7. The van der Waals surface area contributed by atoms with Crippen LogP contribution in [0.5, 0.6) is 0 Å². The largest absolute Gasteiger partial charge is 0.374 e. The first kappa shape index (κ1) is 29.0. The van der Waals surface area contributed by atoms with E-state index in [4.69, 9.17) is 4.74 Å². The summed E-state index contributed by atoms with van der Waals surface area (Å²) in [6.07, 6.45) is 5.20. The lowest BCUT2D eigenvalue weighted by molar-refractivity contribution is -0.133. The predicted octanol–water partition coefficient (Wildman–Crippen LogP) is 4.09. The average Bonchev–Trinajstić information content (AvgIpc) is 3.62. The number of rotatable bonds is 10. The van der Waals surface area contributed by atoms with Gasteiger partial charge < -0.3 is 24.8 Å². The number of aromatic nitrogens is 2. The lowest BCUT2D eigenvalue weighted by atomic mass is 9.95. The molecule has 1 aromatic heterocycles. The molecule has 3 amide bonds. The van der Waals surface area contributed by atoms with Crippen molar-refractivity contribution in [1.82, 2.24) is 19.8 Å². The summed E-state index contributed by atoms with van der Waals surface area (Å²) < 4.78 is 7.53. The number of carbonyl (C=O) groups excluding carboxylic acids is 3. The van der Waals surface area contributed by atoms with Gasteiger partial charge in [0, 0.05) is 24.7 Å². The minimum absolute atomic E-state index is 0.00117. The molecule has 4 rings (SSSR count). The normalized spacial score (nSPS) is 14.9. The maximum atomic E-state index is 13.5. The standard InChI is InChI=1S/C31H39N5O4/c1-22-12-14-24(15-13-22)27(29(38)35-16-8-9-17-35)36-18-26(32-21-36)34-28(37)25(33-30(39)31(2,3)4)20-40-19-23-10-6-5-7-11-23/h5-7,10-15,18,21,25,27H,8-9,16-17,19-20H2,1-4H3,(H,33,39)(H,34,37). The van der Waals surface area contributed by atoms with E-state index < -0.39 is 23.4 Å². The number of nitrogens with zero attached hydrogens (tertiary/aromatic N) is 3. The molecule has 1 saturated heterocycles. The quantitative estimate of drug-likeness (QED) is 0.399. The molecule has 0 aliphatic carbocycles. The minimum atomic E-state index is -0.931. The fourth-order valence-corrected chi connectivity index (χ4v) is 4.48. The summed E-state index contributed by atoms with van der Waals surface area (Å²) >= 11 is 0. The van der Waals surface area contributed by atoms with Crippen LogP contribution in [0, 0.1) is 12.3 Å². The van der Waals surface area contributed by atoms with Gasteiger partial charge in [-0.1, -0.05) is 80.9 Å². The SMILES string of the molecule is Cc1ccc(C(C(=O)N2CCCC2)n2cnc(NC(=O)C(COCc3ccccc3)NC(=O)C(C)(C)C)c2)cc1. The fourth-order valence-electron chi connectivity index (χ4n) is 4.48. The van der Waals surface area contributed by atoms with Crippen molar-refractivity contribution in [3.8, 4) is 0 Å². The van der Waals surface area contributed by atoms with E-state index in [0.717, 1.165) is 42.6 Å². The molecular weight excluding hydrogens is 506 g/mol. The first-order valence-electron chi connectivity index (χ1n) is 13.7. The molecule has 2 heterocycles. The van der Waals surface area contributed by atoms with E-state index in [1.54, 1.807) is 37.9 Å². The van der Waals surface area contributed by atoms with Gasteiger partial charge in [0.1, 0.15) is 12.1 Å². The Morgan fingerprint density at radius 2 is 1.68 bits per heavy atom. The van der Waals surface area contributed by atoms with E-state index in [-0.39, 0.29) is 24.2 Å². The molecule has 9 nitrogen and oxygen atoms in total. The number of imidazole rings is 1. The molecular formula is C31H39N5O4. The summed E-state index contributed by atoms with van der Waals surface area (Å²) in [7, 11) is 0. The van der Waals surface area contributed by atoms with Crippen molar-refractivity contribution in [3.63, 3.8) is 0 Å². The molecule has 2 atom stereocenters. The Labute approximate surface area is 235 Å². The van der Waals surface area contributed by atoms with Gasteiger partial charge in [-0.25, -0.2) is 4.98 Å². The summed E-state index contributed by atoms with van der Waals surface area (Å²) in [4.78, 5) is 45.8. The minimum Gasteiger partial charge on any atom is -0.374 e. The van der Waals surface area contributed by atoms with Gasteiger partial charge >= 0.3 is 0 Å². The highest BCUT2D eigenvalue weighted by molar-refractivity contribution is 5.97. The van der Waals surface area contributed by atoms with E-state index in [0.29, 0.717) is 6.61 Å². The van der Waals surface area contributed by atoms with Crippen LogP contribution in [0.4, 0.5) is 5.82 Å². The number of hydrogen-bond acceptors (Lipinski definition) is 5. The maximum absolute atomic E-state index is 13.5. The molecule has 1 aliphatic heterocycles. The van der Waals surface area contributed by atoms with Gasteiger partial charge in [0.2, 0.25) is 11.8 Å². The molecule has 2 N–H and O–H groups in total. The summed E-state index contributed by atoms with van der Waals surface area (Å²) in [5.41, 5.74) is 2.24. The van der Waals surface area contributed by atoms with Gasteiger partial charge in [-0.05, 0) is 30.9 Å². The van der Waals surface area contributed by atoms with Crippen molar-refractivity contribution in [2.75, 3.05) is 25.0 Å². The Hall–Kier alpha value is -3.98. The van der Waals surface area contributed by atoms with Gasteiger partial charge in [0.05, 0.1) is 19.5 Å². The summed E-state index contributed by atoms with van der Waals surface area (Å²) in [6.45, 7) is 9.12. The highest BCUT2D eigenvalue weighted by Gasteiger charge is 2.31. The number of amides is 3. The second kappa shape index (κ2) is 12.9. The monoisotopic (exact) mass is 545 g/mol. The first-order valence-corrected chi connectivity index (χ1v) is 13.7. The van der Waals surface area contributed by atoms with Crippen molar-refractivity contribution in [2.24, 2.45) is 5.41 Å². The van der Waals surface area contributed by atoms with Crippen LogP contribution in [0.15, 0.2) is 67.1 Å². The Bertz CT molecular complexity index is 1290. The second-order valence-electron chi connectivity index (χ2n) is 11.3. The first-order chi connectivity index (χ1) is 19.1. The average molecular weight is 546 g/mol. The van der Waals surface area contributed by atoms with Crippen molar-refractivity contribution < 1.29 is 19.1 Å². The van der Waals surface area contributed by atoms with Gasteiger partial charge in [0.25, 0.3) is 5.91 Å².